The highest BCUT2D eigenvalue weighted by atomic mass is 32.2. The molecule has 0 aliphatic heterocycles. The average Bonchev–Trinajstić information content (AvgIpc) is 3.29. The molecule has 0 fully saturated rings. The van der Waals surface area contributed by atoms with Gasteiger partial charge in [-0.15, -0.1) is 0 Å². The van der Waals surface area contributed by atoms with E-state index < -0.39 is 10.0 Å². The van der Waals surface area contributed by atoms with Crippen LogP contribution in [0.1, 0.15) is 15.9 Å². The lowest BCUT2D eigenvalue weighted by Crippen LogP contribution is -2.22. The van der Waals surface area contributed by atoms with Crippen molar-refractivity contribution in [2.75, 3.05) is 26.5 Å². The van der Waals surface area contributed by atoms with Gasteiger partial charge >= 0.3 is 0 Å². The Morgan fingerprint density at radius 3 is 2.37 bits per heavy atom. The summed E-state index contributed by atoms with van der Waals surface area (Å²) in [5.41, 5.74) is 3.17. The van der Waals surface area contributed by atoms with Crippen LogP contribution in [-0.2, 0) is 16.6 Å². The van der Waals surface area contributed by atoms with Gasteiger partial charge in [0, 0.05) is 31.5 Å². The molecule has 0 saturated carbocycles. The number of carbonyl (C=O) groups excluding carboxylic acids is 1. The summed E-state index contributed by atoms with van der Waals surface area (Å²) in [7, 11) is 0.970. The van der Waals surface area contributed by atoms with E-state index in [9.17, 15) is 13.2 Å². The van der Waals surface area contributed by atoms with Crippen LogP contribution in [-0.4, -0.2) is 49.6 Å². The number of nitrogens with one attached hydrogen (secondary N) is 1. The minimum Gasteiger partial charge on any atom is -0.497 e. The van der Waals surface area contributed by atoms with Crippen LogP contribution in [0.2, 0.25) is 0 Å². The third-order valence-electron chi connectivity index (χ3n) is 5.43. The molecule has 0 atom stereocenters. The number of methoxy groups -OCH3 is 1. The summed E-state index contributed by atoms with van der Waals surface area (Å²) in [6.45, 7) is 0.502. The van der Waals surface area contributed by atoms with E-state index in [1.807, 2.05) is 54.6 Å². The van der Waals surface area contributed by atoms with Crippen molar-refractivity contribution in [3.63, 3.8) is 0 Å². The predicted octanol–water partition coefficient (Wildman–Crippen LogP) is 4.11. The molecule has 180 valence electrons. The number of aromatic nitrogens is 2. The van der Waals surface area contributed by atoms with E-state index in [1.54, 1.807) is 30.1 Å². The molecule has 8 nitrogen and oxygen atoms in total. The van der Waals surface area contributed by atoms with Crippen molar-refractivity contribution in [1.29, 1.82) is 0 Å². The second kappa shape index (κ2) is 10.1. The van der Waals surface area contributed by atoms with Gasteiger partial charge < -0.3 is 10.1 Å². The Labute approximate surface area is 204 Å². The Morgan fingerprint density at radius 2 is 1.71 bits per heavy atom. The maximum absolute atomic E-state index is 13.3. The number of amides is 1. The summed E-state index contributed by atoms with van der Waals surface area (Å²) in [5, 5.41) is 7.55. The van der Waals surface area contributed by atoms with Crippen molar-refractivity contribution in [3.8, 4) is 17.0 Å². The van der Waals surface area contributed by atoms with Crippen molar-refractivity contribution >= 4 is 21.6 Å². The Morgan fingerprint density at radius 1 is 1.00 bits per heavy atom. The molecule has 4 aromatic rings. The summed E-state index contributed by atoms with van der Waals surface area (Å²) < 4.78 is 32.8. The topological polar surface area (TPSA) is 93.5 Å². The molecule has 3 aromatic carbocycles. The number of anilines is 1. The standard InChI is InChI=1S/C26H26N4O4S/c1-29(2)35(32,33)23-14-12-21(13-15-23)27-26(31)24-18-30(17-19-8-5-4-6-9-19)28-25(24)20-10-7-11-22(16-20)34-3/h4-16,18H,17H2,1-3H3,(H,27,31). The van der Waals surface area contributed by atoms with E-state index >= 15 is 0 Å². The lowest BCUT2D eigenvalue weighted by molar-refractivity contribution is 0.102. The Hall–Kier alpha value is -3.95. The normalized spacial score (nSPS) is 11.4. The van der Waals surface area contributed by atoms with Crippen molar-refractivity contribution < 1.29 is 17.9 Å². The minimum atomic E-state index is -3.55. The van der Waals surface area contributed by atoms with Gasteiger partial charge in [0.2, 0.25) is 10.0 Å². The number of carbonyl (C=O) groups is 1. The number of rotatable bonds is 8. The first-order chi connectivity index (χ1) is 16.8. The van der Waals surface area contributed by atoms with Crippen LogP contribution >= 0.6 is 0 Å². The van der Waals surface area contributed by atoms with E-state index in [0.717, 1.165) is 15.4 Å². The van der Waals surface area contributed by atoms with Crippen LogP contribution in [0.15, 0.2) is 90.0 Å². The molecule has 9 heteroatoms. The molecular weight excluding hydrogens is 464 g/mol. The number of nitrogens with zero attached hydrogens (tertiary/aromatic N) is 3. The first-order valence-corrected chi connectivity index (χ1v) is 12.3. The molecule has 0 bridgehead atoms. The highest BCUT2D eigenvalue weighted by Gasteiger charge is 2.20. The Kier molecular flexibility index (Phi) is 6.99. The highest BCUT2D eigenvalue weighted by molar-refractivity contribution is 7.89. The molecule has 1 heterocycles. The Bertz CT molecular complexity index is 1430. The monoisotopic (exact) mass is 490 g/mol. The zero-order valence-electron chi connectivity index (χ0n) is 19.7. The van der Waals surface area contributed by atoms with Crippen LogP contribution in [0.3, 0.4) is 0 Å². The molecule has 0 aliphatic rings. The first kappa shape index (κ1) is 24.2. The van der Waals surface area contributed by atoms with E-state index in [2.05, 4.69) is 5.32 Å². The van der Waals surface area contributed by atoms with Gasteiger partial charge in [-0.3, -0.25) is 9.48 Å². The smallest absolute Gasteiger partial charge is 0.259 e. The van der Waals surface area contributed by atoms with Crippen molar-refractivity contribution in [2.45, 2.75) is 11.4 Å². The molecule has 35 heavy (non-hydrogen) atoms. The fourth-order valence-corrected chi connectivity index (χ4v) is 4.44. The van der Waals surface area contributed by atoms with Gasteiger partial charge in [0.1, 0.15) is 11.4 Å². The fourth-order valence-electron chi connectivity index (χ4n) is 3.54. The van der Waals surface area contributed by atoms with Crippen molar-refractivity contribution in [3.05, 3.63) is 96.2 Å². The highest BCUT2D eigenvalue weighted by Crippen LogP contribution is 2.27. The first-order valence-electron chi connectivity index (χ1n) is 10.9. The lowest BCUT2D eigenvalue weighted by Gasteiger charge is -2.12. The van der Waals surface area contributed by atoms with Crippen LogP contribution in [0, 0.1) is 0 Å². The summed E-state index contributed by atoms with van der Waals surface area (Å²) in [6.07, 6.45) is 1.71. The number of sulfonamides is 1. The van der Waals surface area contributed by atoms with Gasteiger partial charge in [-0.25, -0.2) is 12.7 Å². The van der Waals surface area contributed by atoms with Crippen LogP contribution in [0.4, 0.5) is 5.69 Å². The van der Waals surface area contributed by atoms with Crippen LogP contribution in [0.5, 0.6) is 5.75 Å². The Balaban J connectivity index is 1.66. The van der Waals surface area contributed by atoms with Gasteiger partial charge in [-0.1, -0.05) is 42.5 Å². The van der Waals surface area contributed by atoms with E-state index in [4.69, 9.17) is 9.84 Å². The molecule has 0 spiro atoms. The third-order valence-corrected chi connectivity index (χ3v) is 7.26. The minimum absolute atomic E-state index is 0.147. The summed E-state index contributed by atoms with van der Waals surface area (Å²) in [6, 6.07) is 23.3. The van der Waals surface area contributed by atoms with Crippen molar-refractivity contribution in [1.82, 2.24) is 14.1 Å². The van der Waals surface area contributed by atoms with Crippen LogP contribution < -0.4 is 10.1 Å². The summed E-state index contributed by atoms with van der Waals surface area (Å²) >= 11 is 0. The summed E-state index contributed by atoms with van der Waals surface area (Å²) in [4.78, 5) is 13.4. The molecule has 1 amide bonds. The van der Waals surface area contributed by atoms with E-state index in [0.29, 0.717) is 29.2 Å². The van der Waals surface area contributed by atoms with Gasteiger partial charge in [-0.2, -0.15) is 5.10 Å². The maximum atomic E-state index is 13.3. The number of benzene rings is 3. The molecule has 0 saturated heterocycles. The maximum Gasteiger partial charge on any atom is 0.259 e. The second-order valence-corrected chi connectivity index (χ2v) is 10.2. The van der Waals surface area contributed by atoms with Crippen molar-refractivity contribution in [2.24, 2.45) is 0 Å². The zero-order valence-corrected chi connectivity index (χ0v) is 20.5. The molecular formula is C26H26N4O4S. The number of hydrogen-bond acceptors (Lipinski definition) is 5. The molecule has 1 N–H and O–H groups in total. The quantitative estimate of drug-likeness (QED) is 0.401. The summed E-state index contributed by atoms with van der Waals surface area (Å²) in [5.74, 6) is 0.300. The van der Waals surface area contributed by atoms with Gasteiger partial charge in [0.05, 0.1) is 24.1 Å². The average molecular weight is 491 g/mol. The molecule has 0 radical (unpaired) electrons. The van der Waals surface area contributed by atoms with Crippen LogP contribution in [0.25, 0.3) is 11.3 Å². The van der Waals surface area contributed by atoms with Gasteiger partial charge in [0.15, 0.2) is 0 Å². The van der Waals surface area contributed by atoms with E-state index in [-0.39, 0.29) is 10.8 Å². The zero-order chi connectivity index (χ0) is 25.0. The predicted molar refractivity (Wildman–Crippen MR) is 135 cm³/mol. The fraction of sp³-hybridized carbons (Fsp3) is 0.154. The second-order valence-electron chi connectivity index (χ2n) is 8.07. The number of ether oxygens (including phenoxy) is 1. The van der Waals surface area contributed by atoms with E-state index in [1.165, 1.54) is 26.2 Å². The molecule has 4 rings (SSSR count). The third kappa shape index (κ3) is 5.42. The SMILES string of the molecule is COc1cccc(-c2nn(Cc3ccccc3)cc2C(=O)Nc2ccc(S(=O)(=O)N(C)C)cc2)c1. The molecule has 1 aromatic heterocycles. The van der Waals surface area contributed by atoms with Gasteiger partial charge in [-0.05, 0) is 42.0 Å². The molecule has 0 unspecified atom stereocenters. The molecule has 0 aliphatic carbocycles. The van der Waals surface area contributed by atoms with Gasteiger partial charge in [0.25, 0.3) is 5.91 Å². The largest absolute Gasteiger partial charge is 0.497 e. The number of hydrogen-bond donors (Lipinski definition) is 1. The lowest BCUT2D eigenvalue weighted by atomic mass is 10.1.